The number of hydrogen-bond acceptors (Lipinski definition) is 3. The van der Waals surface area contributed by atoms with Gasteiger partial charge in [0.1, 0.15) is 12.2 Å². The highest BCUT2D eigenvalue weighted by atomic mass is 15.3. The molecule has 1 aliphatic carbocycles. The fourth-order valence-electron chi connectivity index (χ4n) is 3.79. The highest BCUT2D eigenvalue weighted by Gasteiger charge is 2.37. The number of aromatic nitrogens is 3. The van der Waals surface area contributed by atoms with Gasteiger partial charge in [0, 0.05) is 19.0 Å². The smallest absolute Gasteiger partial charge is 0.138 e. The van der Waals surface area contributed by atoms with Gasteiger partial charge in [-0.3, -0.25) is 4.68 Å². The summed E-state index contributed by atoms with van der Waals surface area (Å²) in [5, 5.41) is 8.02. The summed E-state index contributed by atoms with van der Waals surface area (Å²) in [5.41, 5.74) is 0.433. The number of nitrogens with zero attached hydrogens (tertiary/aromatic N) is 3. The lowest BCUT2D eigenvalue weighted by Gasteiger charge is -2.43. The molecule has 0 aliphatic heterocycles. The molecule has 0 amide bonds. The van der Waals surface area contributed by atoms with Gasteiger partial charge in [-0.05, 0) is 37.6 Å². The molecular formula is C16H30N4. The minimum atomic E-state index is 0.433. The van der Waals surface area contributed by atoms with Crippen molar-refractivity contribution in [2.75, 3.05) is 6.54 Å². The predicted octanol–water partition coefficient (Wildman–Crippen LogP) is 3.04. The highest BCUT2D eigenvalue weighted by Crippen LogP contribution is 2.42. The second kappa shape index (κ2) is 6.70. The average Bonchev–Trinajstić information content (AvgIpc) is 2.85. The molecule has 2 rings (SSSR count). The van der Waals surface area contributed by atoms with Gasteiger partial charge in [-0.1, -0.05) is 33.6 Å². The van der Waals surface area contributed by atoms with Crippen LogP contribution in [0.3, 0.4) is 0 Å². The average molecular weight is 278 g/mol. The molecule has 0 radical (unpaired) electrons. The Morgan fingerprint density at radius 2 is 2.20 bits per heavy atom. The van der Waals surface area contributed by atoms with Crippen LogP contribution in [0.25, 0.3) is 0 Å². The summed E-state index contributed by atoms with van der Waals surface area (Å²) in [6.45, 7) is 11.1. The lowest BCUT2D eigenvalue weighted by Crippen LogP contribution is -2.46. The Kier molecular flexibility index (Phi) is 5.19. The number of rotatable bonds is 6. The molecule has 0 aromatic carbocycles. The van der Waals surface area contributed by atoms with Crippen molar-refractivity contribution < 1.29 is 0 Å². The van der Waals surface area contributed by atoms with E-state index in [9.17, 15) is 0 Å². The van der Waals surface area contributed by atoms with Gasteiger partial charge in [-0.2, -0.15) is 5.10 Å². The first kappa shape index (κ1) is 15.5. The van der Waals surface area contributed by atoms with Gasteiger partial charge >= 0.3 is 0 Å². The SMILES string of the molecule is CCNC(Cc1ncnn1CC)C1CCCCC1(C)C. The van der Waals surface area contributed by atoms with Crippen molar-refractivity contribution in [3.63, 3.8) is 0 Å². The molecule has 1 fully saturated rings. The van der Waals surface area contributed by atoms with E-state index in [2.05, 4.69) is 43.1 Å². The van der Waals surface area contributed by atoms with E-state index in [0.717, 1.165) is 31.3 Å². The minimum Gasteiger partial charge on any atom is -0.314 e. The van der Waals surface area contributed by atoms with Crippen molar-refractivity contribution in [3.05, 3.63) is 12.2 Å². The number of hydrogen-bond donors (Lipinski definition) is 1. The summed E-state index contributed by atoms with van der Waals surface area (Å²) < 4.78 is 2.03. The Balaban J connectivity index is 2.14. The molecule has 1 saturated carbocycles. The molecule has 1 aromatic heterocycles. The second-order valence-corrected chi connectivity index (χ2v) is 6.70. The summed E-state index contributed by atoms with van der Waals surface area (Å²) in [7, 11) is 0. The van der Waals surface area contributed by atoms with Gasteiger partial charge in [-0.25, -0.2) is 4.98 Å². The van der Waals surface area contributed by atoms with Crippen LogP contribution in [0, 0.1) is 11.3 Å². The van der Waals surface area contributed by atoms with Crippen molar-refractivity contribution in [2.45, 2.75) is 72.4 Å². The predicted molar refractivity (Wildman–Crippen MR) is 82.6 cm³/mol. The summed E-state index contributed by atoms with van der Waals surface area (Å²) in [6, 6.07) is 0.518. The molecule has 4 heteroatoms. The fourth-order valence-corrected chi connectivity index (χ4v) is 3.79. The third-order valence-corrected chi connectivity index (χ3v) is 4.94. The maximum absolute atomic E-state index is 4.46. The summed E-state index contributed by atoms with van der Waals surface area (Å²) in [6.07, 6.45) is 8.12. The summed E-state index contributed by atoms with van der Waals surface area (Å²) >= 11 is 0. The molecular weight excluding hydrogens is 248 g/mol. The third-order valence-electron chi connectivity index (χ3n) is 4.94. The molecule has 20 heavy (non-hydrogen) atoms. The largest absolute Gasteiger partial charge is 0.314 e. The number of likely N-dealkylation sites (N-methyl/N-ethyl adjacent to an activating group) is 1. The van der Waals surface area contributed by atoms with Gasteiger partial charge in [0.2, 0.25) is 0 Å². The van der Waals surface area contributed by atoms with Gasteiger partial charge in [0.05, 0.1) is 0 Å². The van der Waals surface area contributed by atoms with Crippen LogP contribution in [0.15, 0.2) is 6.33 Å². The number of aryl methyl sites for hydroxylation is 1. The zero-order chi connectivity index (χ0) is 14.6. The summed E-state index contributed by atoms with van der Waals surface area (Å²) in [5.74, 6) is 1.86. The van der Waals surface area contributed by atoms with E-state index >= 15 is 0 Å². The lowest BCUT2D eigenvalue weighted by atomic mass is 9.65. The van der Waals surface area contributed by atoms with Crippen LogP contribution in [0.2, 0.25) is 0 Å². The van der Waals surface area contributed by atoms with E-state index in [1.165, 1.54) is 25.7 Å². The van der Waals surface area contributed by atoms with Crippen molar-refractivity contribution in [3.8, 4) is 0 Å². The highest BCUT2D eigenvalue weighted by molar-refractivity contribution is 4.97. The van der Waals surface area contributed by atoms with Crippen LogP contribution in [0.1, 0.15) is 59.2 Å². The van der Waals surface area contributed by atoms with E-state index in [1.54, 1.807) is 6.33 Å². The van der Waals surface area contributed by atoms with E-state index in [4.69, 9.17) is 0 Å². The van der Waals surface area contributed by atoms with Crippen molar-refractivity contribution in [1.82, 2.24) is 20.1 Å². The van der Waals surface area contributed by atoms with Crippen LogP contribution in [-0.2, 0) is 13.0 Å². The standard InChI is InChI=1S/C16H30N4/c1-5-17-14(11-15-18-12-19-20(15)6-2)13-9-7-8-10-16(13,3)4/h12-14,17H,5-11H2,1-4H3. The molecule has 1 N–H and O–H groups in total. The monoisotopic (exact) mass is 278 g/mol. The van der Waals surface area contributed by atoms with Gasteiger partial charge in [0.25, 0.3) is 0 Å². The van der Waals surface area contributed by atoms with E-state index in [1.807, 2.05) is 4.68 Å². The maximum atomic E-state index is 4.46. The Hall–Kier alpha value is -0.900. The first-order valence-electron chi connectivity index (χ1n) is 8.18. The Bertz CT molecular complexity index is 410. The summed E-state index contributed by atoms with van der Waals surface area (Å²) in [4.78, 5) is 4.46. The Morgan fingerprint density at radius 3 is 2.85 bits per heavy atom. The molecule has 2 atom stereocenters. The molecule has 4 nitrogen and oxygen atoms in total. The first-order valence-corrected chi connectivity index (χ1v) is 8.18. The fraction of sp³-hybridized carbons (Fsp3) is 0.875. The van der Waals surface area contributed by atoms with Crippen LogP contribution in [0.5, 0.6) is 0 Å². The van der Waals surface area contributed by atoms with Crippen molar-refractivity contribution >= 4 is 0 Å². The maximum Gasteiger partial charge on any atom is 0.138 e. The second-order valence-electron chi connectivity index (χ2n) is 6.70. The van der Waals surface area contributed by atoms with Crippen LogP contribution >= 0.6 is 0 Å². The third kappa shape index (κ3) is 3.40. The molecule has 1 aliphatic rings. The molecule has 1 heterocycles. The molecule has 0 bridgehead atoms. The van der Waals surface area contributed by atoms with Gasteiger partial charge < -0.3 is 5.32 Å². The Labute approximate surface area is 123 Å². The minimum absolute atomic E-state index is 0.433. The van der Waals surface area contributed by atoms with E-state index in [0.29, 0.717) is 11.5 Å². The lowest BCUT2D eigenvalue weighted by molar-refractivity contribution is 0.0975. The van der Waals surface area contributed by atoms with E-state index in [-0.39, 0.29) is 0 Å². The molecule has 2 unspecified atom stereocenters. The van der Waals surface area contributed by atoms with Gasteiger partial charge in [0.15, 0.2) is 0 Å². The molecule has 1 aromatic rings. The van der Waals surface area contributed by atoms with Crippen LogP contribution in [-0.4, -0.2) is 27.4 Å². The zero-order valence-electron chi connectivity index (χ0n) is 13.5. The Morgan fingerprint density at radius 1 is 1.40 bits per heavy atom. The topological polar surface area (TPSA) is 42.7 Å². The number of nitrogens with one attached hydrogen (secondary N) is 1. The van der Waals surface area contributed by atoms with Crippen LogP contribution < -0.4 is 5.32 Å². The normalized spacial score (nSPS) is 23.7. The van der Waals surface area contributed by atoms with Crippen molar-refractivity contribution in [2.24, 2.45) is 11.3 Å². The molecule has 0 spiro atoms. The first-order chi connectivity index (χ1) is 9.58. The quantitative estimate of drug-likeness (QED) is 0.869. The van der Waals surface area contributed by atoms with Crippen LogP contribution in [0.4, 0.5) is 0 Å². The zero-order valence-corrected chi connectivity index (χ0v) is 13.5. The van der Waals surface area contributed by atoms with E-state index < -0.39 is 0 Å². The van der Waals surface area contributed by atoms with Crippen molar-refractivity contribution in [1.29, 1.82) is 0 Å². The molecule has 0 saturated heterocycles. The van der Waals surface area contributed by atoms with Gasteiger partial charge in [-0.15, -0.1) is 0 Å². The molecule has 114 valence electrons.